The summed E-state index contributed by atoms with van der Waals surface area (Å²) < 4.78 is 13.7. The van der Waals surface area contributed by atoms with E-state index in [1.807, 2.05) is 4.90 Å². The molecule has 0 radical (unpaired) electrons. The van der Waals surface area contributed by atoms with Crippen LogP contribution >= 0.6 is 0 Å². The lowest BCUT2D eigenvalue weighted by Crippen LogP contribution is -2.37. The maximum absolute atomic E-state index is 13.7. The van der Waals surface area contributed by atoms with E-state index in [9.17, 15) is 14.3 Å². The van der Waals surface area contributed by atoms with Gasteiger partial charge in [-0.1, -0.05) is 0 Å². The Labute approximate surface area is 110 Å². The average Bonchev–Trinajstić information content (AvgIpc) is 2.40. The molecule has 6 heteroatoms. The molecule has 5 nitrogen and oxygen atoms in total. The van der Waals surface area contributed by atoms with Gasteiger partial charge in [0.25, 0.3) is 0 Å². The largest absolute Gasteiger partial charge is 0.478 e. The van der Waals surface area contributed by atoms with Gasteiger partial charge >= 0.3 is 5.97 Å². The molecule has 4 N–H and O–H groups in total. The molecule has 1 unspecified atom stereocenters. The number of aliphatic hydroxyl groups excluding tert-OH is 1. The Bertz CT molecular complexity index is 493. The van der Waals surface area contributed by atoms with Gasteiger partial charge in [0, 0.05) is 25.8 Å². The Balaban J connectivity index is 2.30. The normalized spacial score (nSPS) is 19.5. The molecular formula is C13H17FN2O3. The highest BCUT2D eigenvalue weighted by molar-refractivity contribution is 5.91. The standard InChI is InChI=1S/C13H17FN2O3/c14-10-5-12(11(15)4-9(10)13(18)19)16-3-1-2-8(6-16)7-17/h4-5,8,17H,1-3,6-7,15H2,(H,18,19). The van der Waals surface area contributed by atoms with Gasteiger partial charge in [-0.2, -0.15) is 0 Å². The maximum atomic E-state index is 13.7. The van der Waals surface area contributed by atoms with Crippen molar-refractivity contribution < 1.29 is 19.4 Å². The fraction of sp³-hybridized carbons (Fsp3) is 0.462. The molecule has 0 bridgehead atoms. The quantitative estimate of drug-likeness (QED) is 0.720. The highest BCUT2D eigenvalue weighted by atomic mass is 19.1. The molecule has 1 saturated heterocycles. The number of carbonyl (C=O) groups is 1. The van der Waals surface area contributed by atoms with Crippen molar-refractivity contribution in [2.24, 2.45) is 5.92 Å². The predicted molar refractivity (Wildman–Crippen MR) is 69.8 cm³/mol. The van der Waals surface area contributed by atoms with Crippen LogP contribution in [0.1, 0.15) is 23.2 Å². The smallest absolute Gasteiger partial charge is 0.338 e. The molecule has 104 valence electrons. The van der Waals surface area contributed by atoms with Crippen molar-refractivity contribution in [2.75, 3.05) is 30.3 Å². The average molecular weight is 268 g/mol. The summed E-state index contributed by atoms with van der Waals surface area (Å²) in [6.45, 7) is 1.42. The molecule has 19 heavy (non-hydrogen) atoms. The molecule has 1 fully saturated rings. The van der Waals surface area contributed by atoms with E-state index in [0.717, 1.165) is 25.5 Å². The summed E-state index contributed by atoms with van der Waals surface area (Å²) in [6, 6.07) is 2.31. The Morgan fingerprint density at radius 3 is 2.89 bits per heavy atom. The number of carboxylic acids is 1. The molecule has 0 amide bonds. The second-order valence-electron chi connectivity index (χ2n) is 4.83. The van der Waals surface area contributed by atoms with Crippen molar-refractivity contribution in [3.05, 3.63) is 23.5 Å². The topological polar surface area (TPSA) is 86.8 Å². The van der Waals surface area contributed by atoms with Crippen molar-refractivity contribution in [3.63, 3.8) is 0 Å². The summed E-state index contributed by atoms with van der Waals surface area (Å²) in [5.41, 5.74) is 6.14. The third-order valence-electron chi connectivity index (χ3n) is 3.46. The molecule has 0 saturated carbocycles. The van der Waals surface area contributed by atoms with Gasteiger partial charge < -0.3 is 20.8 Å². The lowest BCUT2D eigenvalue weighted by atomic mass is 9.98. The zero-order chi connectivity index (χ0) is 14.0. The highest BCUT2D eigenvalue weighted by Crippen LogP contribution is 2.30. The van der Waals surface area contributed by atoms with Crippen LogP contribution in [0.15, 0.2) is 12.1 Å². The third-order valence-corrected chi connectivity index (χ3v) is 3.46. The Morgan fingerprint density at radius 2 is 2.26 bits per heavy atom. The van der Waals surface area contributed by atoms with Gasteiger partial charge in [0.05, 0.1) is 16.9 Å². The van der Waals surface area contributed by atoms with Gasteiger partial charge in [0.15, 0.2) is 0 Å². The first-order chi connectivity index (χ1) is 9.02. The predicted octanol–water partition coefficient (Wildman–Crippen LogP) is 1.31. The van der Waals surface area contributed by atoms with E-state index in [-0.39, 0.29) is 18.2 Å². The Hall–Kier alpha value is -1.82. The van der Waals surface area contributed by atoms with Gasteiger partial charge in [-0.25, -0.2) is 9.18 Å². The number of halogens is 1. The number of piperidine rings is 1. The SMILES string of the molecule is Nc1cc(C(=O)O)c(F)cc1N1CCCC(CO)C1. The summed E-state index contributed by atoms with van der Waals surface area (Å²) in [4.78, 5) is 12.7. The molecule has 0 aromatic heterocycles. The van der Waals surface area contributed by atoms with E-state index in [0.29, 0.717) is 12.2 Å². The highest BCUT2D eigenvalue weighted by Gasteiger charge is 2.23. The fourth-order valence-electron chi connectivity index (χ4n) is 2.45. The van der Waals surface area contributed by atoms with E-state index in [1.165, 1.54) is 6.07 Å². The minimum absolute atomic E-state index is 0.0894. The van der Waals surface area contributed by atoms with E-state index in [2.05, 4.69) is 0 Å². The zero-order valence-corrected chi connectivity index (χ0v) is 10.5. The number of rotatable bonds is 3. The molecule has 2 rings (SSSR count). The molecule has 1 aliphatic heterocycles. The first kappa shape index (κ1) is 13.6. The lowest BCUT2D eigenvalue weighted by molar-refractivity contribution is 0.0692. The maximum Gasteiger partial charge on any atom is 0.338 e. The second kappa shape index (κ2) is 5.44. The first-order valence-electron chi connectivity index (χ1n) is 6.21. The molecule has 0 spiro atoms. The number of hydrogen-bond acceptors (Lipinski definition) is 4. The third kappa shape index (κ3) is 2.78. The molecule has 1 atom stereocenters. The fourth-order valence-corrected chi connectivity index (χ4v) is 2.45. The summed E-state index contributed by atoms with van der Waals surface area (Å²) in [6.07, 6.45) is 1.83. The molecule has 1 heterocycles. The van der Waals surface area contributed by atoms with E-state index < -0.39 is 17.3 Å². The number of nitrogens with two attached hydrogens (primary N) is 1. The molecular weight excluding hydrogens is 251 g/mol. The number of carboxylic acid groups (broad SMARTS) is 1. The molecule has 1 aromatic carbocycles. The first-order valence-corrected chi connectivity index (χ1v) is 6.21. The molecule has 1 aliphatic rings. The Morgan fingerprint density at radius 1 is 1.53 bits per heavy atom. The van der Waals surface area contributed by atoms with E-state index in [4.69, 9.17) is 10.8 Å². The van der Waals surface area contributed by atoms with E-state index >= 15 is 0 Å². The minimum Gasteiger partial charge on any atom is -0.478 e. The van der Waals surface area contributed by atoms with Gasteiger partial charge in [0.2, 0.25) is 0 Å². The number of hydrogen-bond donors (Lipinski definition) is 3. The van der Waals surface area contributed by atoms with Crippen LogP contribution in [-0.2, 0) is 0 Å². The van der Waals surface area contributed by atoms with Gasteiger partial charge in [-0.15, -0.1) is 0 Å². The molecule has 1 aromatic rings. The zero-order valence-electron chi connectivity index (χ0n) is 10.5. The number of nitrogen functional groups attached to an aromatic ring is 1. The van der Waals surface area contributed by atoms with Crippen LogP contribution in [0.2, 0.25) is 0 Å². The second-order valence-corrected chi connectivity index (χ2v) is 4.83. The number of aliphatic hydroxyl groups is 1. The van der Waals surface area contributed by atoms with Crippen LogP contribution in [-0.4, -0.2) is 35.9 Å². The van der Waals surface area contributed by atoms with Crippen LogP contribution in [0.4, 0.5) is 15.8 Å². The lowest BCUT2D eigenvalue weighted by Gasteiger charge is -2.34. The number of anilines is 2. The Kier molecular flexibility index (Phi) is 3.90. The van der Waals surface area contributed by atoms with E-state index in [1.54, 1.807) is 0 Å². The molecule has 0 aliphatic carbocycles. The van der Waals surface area contributed by atoms with Crippen molar-refractivity contribution >= 4 is 17.3 Å². The summed E-state index contributed by atoms with van der Waals surface area (Å²) >= 11 is 0. The van der Waals surface area contributed by atoms with Crippen LogP contribution in [0, 0.1) is 11.7 Å². The monoisotopic (exact) mass is 268 g/mol. The van der Waals surface area contributed by atoms with Crippen LogP contribution in [0.3, 0.4) is 0 Å². The minimum atomic E-state index is -1.33. The van der Waals surface area contributed by atoms with Gasteiger partial charge in [-0.3, -0.25) is 0 Å². The van der Waals surface area contributed by atoms with Crippen molar-refractivity contribution in [1.82, 2.24) is 0 Å². The summed E-state index contributed by atoms with van der Waals surface area (Å²) in [7, 11) is 0. The summed E-state index contributed by atoms with van der Waals surface area (Å²) in [5, 5.41) is 18.0. The van der Waals surface area contributed by atoms with Crippen LogP contribution < -0.4 is 10.6 Å². The number of benzene rings is 1. The van der Waals surface area contributed by atoms with Crippen LogP contribution in [0.5, 0.6) is 0 Å². The van der Waals surface area contributed by atoms with Gasteiger partial charge in [0.1, 0.15) is 5.82 Å². The number of aromatic carboxylic acids is 1. The van der Waals surface area contributed by atoms with Crippen molar-refractivity contribution in [1.29, 1.82) is 0 Å². The number of nitrogens with zero attached hydrogens (tertiary/aromatic N) is 1. The van der Waals surface area contributed by atoms with Gasteiger partial charge in [-0.05, 0) is 24.8 Å². The summed E-state index contributed by atoms with van der Waals surface area (Å²) in [5.74, 6) is -1.97. The van der Waals surface area contributed by atoms with Crippen molar-refractivity contribution in [3.8, 4) is 0 Å². The van der Waals surface area contributed by atoms with Crippen LogP contribution in [0.25, 0.3) is 0 Å². The van der Waals surface area contributed by atoms with Crippen molar-refractivity contribution in [2.45, 2.75) is 12.8 Å².